The van der Waals surface area contributed by atoms with Crippen molar-refractivity contribution in [3.63, 3.8) is 0 Å². The van der Waals surface area contributed by atoms with Gasteiger partial charge in [0.05, 0.1) is 6.04 Å². The van der Waals surface area contributed by atoms with Crippen molar-refractivity contribution in [3.05, 3.63) is 34.9 Å². The summed E-state index contributed by atoms with van der Waals surface area (Å²) in [6.45, 7) is 5.06. The van der Waals surface area contributed by atoms with Crippen LogP contribution in [0.15, 0.2) is 18.2 Å². The van der Waals surface area contributed by atoms with Crippen LogP contribution >= 0.6 is 0 Å². The van der Waals surface area contributed by atoms with E-state index in [-0.39, 0.29) is 6.04 Å². The first-order chi connectivity index (χ1) is 6.81. The predicted molar refractivity (Wildman–Crippen MR) is 59.1 cm³/mol. The second kappa shape index (κ2) is 3.86. The highest BCUT2D eigenvalue weighted by molar-refractivity contribution is 5.39. The summed E-state index contributed by atoms with van der Waals surface area (Å²) in [6, 6.07) is 6.90. The molecule has 1 heterocycles. The number of nitrogens with one attached hydrogen (secondary N) is 1. The maximum Gasteiger partial charge on any atom is 0.0948 e. The summed E-state index contributed by atoms with van der Waals surface area (Å²) in [6.07, 6.45) is 1.12. The Balaban J connectivity index is 2.45. The zero-order valence-electron chi connectivity index (χ0n) is 8.72. The standard InChI is InChI=1S/C13H15N/c1-3-4-13-12-9-10(2)5-6-11(12)7-8-14-13/h5-6,9,13-14H,7-8H2,1-2H3. The highest BCUT2D eigenvalue weighted by Gasteiger charge is 2.16. The van der Waals surface area contributed by atoms with Crippen LogP contribution in [0.5, 0.6) is 0 Å². The first kappa shape index (κ1) is 9.30. The van der Waals surface area contributed by atoms with Crippen LogP contribution in [0, 0.1) is 18.8 Å². The molecule has 72 valence electrons. The fraction of sp³-hybridized carbons (Fsp3) is 0.385. The average molecular weight is 185 g/mol. The van der Waals surface area contributed by atoms with Gasteiger partial charge in [0.1, 0.15) is 0 Å². The Morgan fingerprint density at radius 3 is 3.07 bits per heavy atom. The summed E-state index contributed by atoms with van der Waals surface area (Å²) in [5.41, 5.74) is 4.13. The minimum absolute atomic E-state index is 0.239. The van der Waals surface area contributed by atoms with Crippen molar-refractivity contribution in [2.75, 3.05) is 6.54 Å². The topological polar surface area (TPSA) is 12.0 Å². The SMILES string of the molecule is CC#CC1NCCc2ccc(C)cc21. The van der Waals surface area contributed by atoms with E-state index in [1.54, 1.807) is 0 Å². The van der Waals surface area contributed by atoms with Gasteiger partial charge in [0, 0.05) is 6.54 Å². The van der Waals surface area contributed by atoms with E-state index in [0.717, 1.165) is 13.0 Å². The summed E-state index contributed by atoms with van der Waals surface area (Å²) >= 11 is 0. The summed E-state index contributed by atoms with van der Waals surface area (Å²) in [7, 11) is 0. The molecule has 0 aliphatic carbocycles. The smallest absolute Gasteiger partial charge is 0.0948 e. The largest absolute Gasteiger partial charge is 0.300 e. The van der Waals surface area contributed by atoms with E-state index in [9.17, 15) is 0 Å². The van der Waals surface area contributed by atoms with E-state index in [0.29, 0.717) is 0 Å². The van der Waals surface area contributed by atoms with E-state index in [1.165, 1.54) is 16.7 Å². The van der Waals surface area contributed by atoms with Gasteiger partial charge in [-0.2, -0.15) is 0 Å². The van der Waals surface area contributed by atoms with Gasteiger partial charge in [0.15, 0.2) is 0 Å². The molecule has 1 unspecified atom stereocenters. The van der Waals surface area contributed by atoms with Gasteiger partial charge in [-0.15, -0.1) is 5.92 Å². The lowest BCUT2D eigenvalue weighted by atomic mass is 9.93. The van der Waals surface area contributed by atoms with Crippen LogP contribution in [0.2, 0.25) is 0 Å². The van der Waals surface area contributed by atoms with Gasteiger partial charge in [0.25, 0.3) is 0 Å². The van der Waals surface area contributed by atoms with Gasteiger partial charge in [-0.1, -0.05) is 29.7 Å². The Labute approximate surface area is 85.5 Å². The molecular weight excluding hydrogens is 170 g/mol. The zero-order chi connectivity index (χ0) is 9.97. The number of hydrogen-bond donors (Lipinski definition) is 1. The Kier molecular flexibility index (Phi) is 2.56. The third-order valence-electron chi connectivity index (χ3n) is 2.64. The Morgan fingerprint density at radius 1 is 1.43 bits per heavy atom. The van der Waals surface area contributed by atoms with Crippen molar-refractivity contribution in [1.82, 2.24) is 5.32 Å². The van der Waals surface area contributed by atoms with Crippen molar-refractivity contribution < 1.29 is 0 Å². The molecule has 0 saturated heterocycles. The third kappa shape index (κ3) is 1.66. The second-order valence-electron chi connectivity index (χ2n) is 3.73. The predicted octanol–water partition coefficient (Wildman–Crippen LogP) is 2.21. The van der Waals surface area contributed by atoms with Crippen LogP contribution in [-0.2, 0) is 6.42 Å². The molecule has 0 spiro atoms. The van der Waals surface area contributed by atoms with E-state index < -0.39 is 0 Å². The molecule has 0 fully saturated rings. The van der Waals surface area contributed by atoms with Crippen molar-refractivity contribution >= 4 is 0 Å². The molecule has 14 heavy (non-hydrogen) atoms. The Morgan fingerprint density at radius 2 is 2.29 bits per heavy atom. The van der Waals surface area contributed by atoms with E-state index >= 15 is 0 Å². The number of rotatable bonds is 0. The van der Waals surface area contributed by atoms with Crippen LogP contribution in [0.1, 0.15) is 29.7 Å². The van der Waals surface area contributed by atoms with Gasteiger partial charge >= 0.3 is 0 Å². The lowest BCUT2D eigenvalue weighted by Gasteiger charge is -2.23. The minimum atomic E-state index is 0.239. The highest BCUT2D eigenvalue weighted by Crippen LogP contribution is 2.23. The highest BCUT2D eigenvalue weighted by atomic mass is 14.9. The van der Waals surface area contributed by atoms with Crippen LogP contribution in [0.3, 0.4) is 0 Å². The second-order valence-corrected chi connectivity index (χ2v) is 3.73. The molecule has 1 aromatic rings. The maximum absolute atomic E-state index is 3.43. The molecule has 1 aromatic carbocycles. The fourth-order valence-corrected chi connectivity index (χ4v) is 1.95. The quantitative estimate of drug-likeness (QED) is 0.611. The van der Waals surface area contributed by atoms with Crippen molar-refractivity contribution in [1.29, 1.82) is 0 Å². The summed E-state index contributed by atoms with van der Waals surface area (Å²) in [5, 5.41) is 3.43. The molecule has 1 aliphatic heterocycles. The van der Waals surface area contributed by atoms with Gasteiger partial charge in [-0.05, 0) is 31.4 Å². The molecule has 1 aliphatic rings. The average Bonchev–Trinajstić information content (AvgIpc) is 2.19. The molecule has 1 nitrogen and oxygen atoms in total. The van der Waals surface area contributed by atoms with Gasteiger partial charge < -0.3 is 0 Å². The molecule has 1 heteroatoms. The molecule has 1 atom stereocenters. The van der Waals surface area contributed by atoms with Crippen LogP contribution < -0.4 is 5.32 Å². The van der Waals surface area contributed by atoms with Crippen LogP contribution in [0.4, 0.5) is 0 Å². The molecule has 0 aromatic heterocycles. The number of fused-ring (bicyclic) bond motifs is 1. The number of hydrogen-bond acceptors (Lipinski definition) is 1. The molecule has 0 amide bonds. The van der Waals surface area contributed by atoms with Crippen LogP contribution in [0.25, 0.3) is 0 Å². The minimum Gasteiger partial charge on any atom is -0.300 e. The zero-order valence-corrected chi connectivity index (χ0v) is 8.72. The van der Waals surface area contributed by atoms with Crippen molar-refractivity contribution in [3.8, 4) is 11.8 Å². The number of aryl methyl sites for hydroxylation is 1. The molecule has 0 radical (unpaired) electrons. The van der Waals surface area contributed by atoms with Crippen molar-refractivity contribution in [2.45, 2.75) is 26.3 Å². The first-order valence-corrected chi connectivity index (χ1v) is 5.06. The van der Waals surface area contributed by atoms with Crippen molar-refractivity contribution in [2.24, 2.45) is 0 Å². The normalized spacial score (nSPS) is 19.4. The van der Waals surface area contributed by atoms with E-state index in [1.807, 2.05) is 6.92 Å². The molecule has 2 rings (SSSR count). The lowest BCUT2D eigenvalue weighted by molar-refractivity contribution is 0.593. The Hall–Kier alpha value is -1.26. The summed E-state index contributed by atoms with van der Waals surface area (Å²) < 4.78 is 0. The molecule has 0 saturated carbocycles. The summed E-state index contributed by atoms with van der Waals surface area (Å²) in [4.78, 5) is 0. The van der Waals surface area contributed by atoms with Gasteiger partial charge in [-0.3, -0.25) is 5.32 Å². The third-order valence-corrected chi connectivity index (χ3v) is 2.64. The fourth-order valence-electron chi connectivity index (χ4n) is 1.95. The van der Waals surface area contributed by atoms with E-state index in [2.05, 4.69) is 42.3 Å². The first-order valence-electron chi connectivity index (χ1n) is 5.06. The monoisotopic (exact) mass is 185 g/mol. The summed E-state index contributed by atoms with van der Waals surface area (Å²) in [5.74, 6) is 6.19. The molecule has 0 bridgehead atoms. The van der Waals surface area contributed by atoms with Gasteiger partial charge in [0.2, 0.25) is 0 Å². The van der Waals surface area contributed by atoms with E-state index in [4.69, 9.17) is 0 Å². The maximum atomic E-state index is 3.43. The number of benzene rings is 1. The Bertz CT molecular complexity index is 395. The molecule has 1 N–H and O–H groups in total. The molecular formula is C13H15N. The lowest BCUT2D eigenvalue weighted by Crippen LogP contribution is -2.28. The van der Waals surface area contributed by atoms with Gasteiger partial charge in [-0.25, -0.2) is 0 Å². The van der Waals surface area contributed by atoms with Crippen LogP contribution in [-0.4, -0.2) is 6.54 Å².